The van der Waals surface area contributed by atoms with Crippen LogP contribution in [0.5, 0.6) is 0 Å². The summed E-state index contributed by atoms with van der Waals surface area (Å²) in [6.07, 6.45) is 0.372. The molecule has 6 nitrogen and oxygen atoms in total. The van der Waals surface area contributed by atoms with Crippen LogP contribution < -0.4 is 5.43 Å². The number of amides is 1. The Bertz CT molecular complexity index is 1280. The lowest BCUT2D eigenvalue weighted by molar-refractivity contribution is 0.0648. The number of rotatable bonds is 4. The minimum atomic E-state index is -3.19. The van der Waals surface area contributed by atoms with Gasteiger partial charge in [-0.2, -0.15) is 0 Å². The van der Waals surface area contributed by atoms with E-state index in [1.165, 1.54) is 11.0 Å². The molecule has 0 radical (unpaired) electrons. The van der Waals surface area contributed by atoms with Crippen LogP contribution in [0.25, 0.3) is 11.0 Å². The Morgan fingerprint density at radius 3 is 2.53 bits per heavy atom. The molecule has 2 aromatic carbocycles. The summed E-state index contributed by atoms with van der Waals surface area (Å²) >= 11 is 0. The molecular formula is C23H23NO5S. The zero-order chi connectivity index (χ0) is 21.5. The van der Waals surface area contributed by atoms with Crippen molar-refractivity contribution in [3.8, 4) is 0 Å². The number of hydrogen-bond acceptors (Lipinski definition) is 5. The lowest BCUT2D eigenvalue weighted by atomic mass is 10.1. The van der Waals surface area contributed by atoms with Gasteiger partial charge in [0.1, 0.15) is 5.58 Å². The second-order valence-corrected chi connectivity index (χ2v) is 10.1. The van der Waals surface area contributed by atoms with Gasteiger partial charge >= 0.3 is 0 Å². The fourth-order valence-corrected chi connectivity index (χ4v) is 5.81. The van der Waals surface area contributed by atoms with Crippen molar-refractivity contribution in [3.63, 3.8) is 0 Å². The molecule has 1 aromatic heterocycles. The number of nitrogens with zero attached hydrogens (tertiary/aromatic N) is 1. The van der Waals surface area contributed by atoms with E-state index >= 15 is 0 Å². The van der Waals surface area contributed by atoms with Gasteiger partial charge in [0.2, 0.25) is 0 Å². The standard InChI is InChI=1S/C23H23NO5S/c1-15-10-16(2)22-19(25)12-21(29-20(22)11-15)23(26)24(13-17-6-4-3-5-7-17)18-8-9-30(27,28)14-18/h3-7,10-12,18H,8-9,13-14H2,1-2H3/t18-/m1/s1. The van der Waals surface area contributed by atoms with Crippen LogP contribution in [0, 0.1) is 13.8 Å². The molecule has 2 heterocycles. The van der Waals surface area contributed by atoms with E-state index < -0.39 is 21.8 Å². The molecule has 0 spiro atoms. The van der Waals surface area contributed by atoms with E-state index in [0.717, 1.165) is 16.7 Å². The van der Waals surface area contributed by atoms with Crippen LogP contribution in [0.2, 0.25) is 0 Å². The van der Waals surface area contributed by atoms with Gasteiger partial charge < -0.3 is 9.32 Å². The topological polar surface area (TPSA) is 84.7 Å². The Labute approximate surface area is 175 Å². The van der Waals surface area contributed by atoms with Crippen molar-refractivity contribution in [1.29, 1.82) is 0 Å². The molecule has 0 N–H and O–H groups in total. The highest BCUT2D eigenvalue weighted by atomic mass is 32.2. The molecule has 1 atom stereocenters. The zero-order valence-electron chi connectivity index (χ0n) is 16.9. The highest BCUT2D eigenvalue weighted by Gasteiger charge is 2.36. The number of benzene rings is 2. The average Bonchev–Trinajstić information content (AvgIpc) is 3.05. The first-order chi connectivity index (χ1) is 14.2. The first-order valence-electron chi connectivity index (χ1n) is 9.84. The van der Waals surface area contributed by atoms with Crippen LogP contribution in [0.15, 0.2) is 57.7 Å². The van der Waals surface area contributed by atoms with Gasteiger partial charge in [0, 0.05) is 18.7 Å². The van der Waals surface area contributed by atoms with Crippen LogP contribution in [-0.2, 0) is 16.4 Å². The molecule has 1 saturated heterocycles. The summed E-state index contributed by atoms with van der Waals surface area (Å²) < 4.78 is 30.0. The Morgan fingerprint density at radius 2 is 1.87 bits per heavy atom. The fraction of sp³-hybridized carbons (Fsp3) is 0.304. The van der Waals surface area contributed by atoms with Crippen molar-refractivity contribution in [3.05, 3.63) is 81.2 Å². The van der Waals surface area contributed by atoms with E-state index in [9.17, 15) is 18.0 Å². The van der Waals surface area contributed by atoms with Gasteiger partial charge in [0.25, 0.3) is 5.91 Å². The molecule has 30 heavy (non-hydrogen) atoms. The molecule has 0 aliphatic carbocycles. The number of fused-ring (bicyclic) bond motifs is 1. The van der Waals surface area contributed by atoms with Crippen molar-refractivity contribution in [2.75, 3.05) is 11.5 Å². The van der Waals surface area contributed by atoms with E-state index in [1.54, 1.807) is 6.07 Å². The second kappa shape index (κ2) is 7.72. The van der Waals surface area contributed by atoms with Gasteiger partial charge in [-0.05, 0) is 43.0 Å². The zero-order valence-corrected chi connectivity index (χ0v) is 17.7. The molecule has 1 aliphatic heterocycles. The maximum atomic E-state index is 13.4. The highest BCUT2D eigenvalue weighted by Crippen LogP contribution is 2.24. The summed E-state index contributed by atoms with van der Waals surface area (Å²) in [5.74, 6) is -0.574. The number of hydrogen-bond donors (Lipinski definition) is 0. The highest BCUT2D eigenvalue weighted by molar-refractivity contribution is 7.91. The van der Waals surface area contributed by atoms with Crippen molar-refractivity contribution in [2.24, 2.45) is 0 Å². The summed E-state index contributed by atoms with van der Waals surface area (Å²) in [7, 11) is -3.19. The second-order valence-electron chi connectivity index (χ2n) is 7.91. The van der Waals surface area contributed by atoms with Gasteiger partial charge in [-0.1, -0.05) is 36.4 Å². The molecule has 1 amide bonds. The summed E-state index contributed by atoms with van der Waals surface area (Å²) in [6.45, 7) is 3.97. The van der Waals surface area contributed by atoms with E-state index in [0.29, 0.717) is 17.4 Å². The molecule has 7 heteroatoms. The van der Waals surface area contributed by atoms with E-state index in [-0.39, 0.29) is 29.2 Å². The molecule has 1 aliphatic rings. The third kappa shape index (κ3) is 4.03. The van der Waals surface area contributed by atoms with E-state index in [1.807, 2.05) is 50.2 Å². The number of sulfone groups is 1. The summed E-state index contributed by atoms with van der Waals surface area (Å²) in [5.41, 5.74) is 2.68. The number of carbonyl (C=O) groups excluding carboxylic acids is 1. The van der Waals surface area contributed by atoms with Crippen molar-refractivity contribution in [1.82, 2.24) is 4.90 Å². The van der Waals surface area contributed by atoms with E-state index in [4.69, 9.17) is 4.42 Å². The Balaban J connectivity index is 1.77. The molecule has 3 aromatic rings. The maximum absolute atomic E-state index is 13.4. The molecule has 0 bridgehead atoms. The third-order valence-corrected chi connectivity index (χ3v) is 7.24. The minimum absolute atomic E-state index is 0.0519. The predicted octanol–water partition coefficient (Wildman–Crippen LogP) is 3.24. The third-order valence-electron chi connectivity index (χ3n) is 5.49. The fourth-order valence-electron chi connectivity index (χ4n) is 4.08. The Morgan fingerprint density at radius 1 is 1.13 bits per heavy atom. The van der Waals surface area contributed by atoms with Crippen LogP contribution in [0.4, 0.5) is 0 Å². The maximum Gasteiger partial charge on any atom is 0.290 e. The molecule has 0 saturated carbocycles. The summed E-state index contributed by atoms with van der Waals surface area (Å²) in [5, 5.41) is 0.454. The van der Waals surface area contributed by atoms with Crippen LogP contribution in [0.3, 0.4) is 0 Å². The van der Waals surface area contributed by atoms with Crippen LogP contribution in [-0.4, -0.2) is 36.8 Å². The van der Waals surface area contributed by atoms with E-state index in [2.05, 4.69) is 0 Å². The molecule has 156 valence electrons. The molecule has 0 unspecified atom stereocenters. The van der Waals surface area contributed by atoms with Gasteiger partial charge in [-0.25, -0.2) is 8.42 Å². The Kier molecular flexibility index (Phi) is 5.24. The van der Waals surface area contributed by atoms with Crippen molar-refractivity contribution < 1.29 is 17.6 Å². The molecule has 4 rings (SSSR count). The molecule has 1 fully saturated rings. The van der Waals surface area contributed by atoms with Crippen molar-refractivity contribution >= 4 is 26.7 Å². The minimum Gasteiger partial charge on any atom is -0.451 e. The summed E-state index contributed by atoms with van der Waals surface area (Å²) in [4.78, 5) is 27.6. The van der Waals surface area contributed by atoms with Gasteiger partial charge in [0.15, 0.2) is 21.0 Å². The summed E-state index contributed by atoms with van der Waals surface area (Å²) in [6, 6.07) is 13.8. The quantitative estimate of drug-likeness (QED) is 0.641. The normalized spacial score (nSPS) is 17.9. The number of aryl methyl sites for hydroxylation is 2. The van der Waals surface area contributed by atoms with Crippen LogP contribution in [0.1, 0.15) is 33.7 Å². The van der Waals surface area contributed by atoms with Gasteiger partial charge in [-0.15, -0.1) is 0 Å². The predicted molar refractivity (Wildman–Crippen MR) is 115 cm³/mol. The molecular weight excluding hydrogens is 402 g/mol. The largest absolute Gasteiger partial charge is 0.451 e. The Hall–Kier alpha value is -2.93. The number of carbonyl (C=O) groups is 1. The average molecular weight is 426 g/mol. The van der Waals surface area contributed by atoms with Gasteiger partial charge in [0.05, 0.1) is 16.9 Å². The van der Waals surface area contributed by atoms with Crippen molar-refractivity contribution in [2.45, 2.75) is 32.9 Å². The van der Waals surface area contributed by atoms with Crippen LogP contribution >= 0.6 is 0 Å². The first-order valence-corrected chi connectivity index (χ1v) is 11.7. The monoisotopic (exact) mass is 425 g/mol. The lowest BCUT2D eigenvalue weighted by Gasteiger charge is -2.28. The van der Waals surface area contributed by atoms with Gasteiger partial charge in [-0.3, -0.25) is 9.59 Å². The first kappa shape index (κ1) is 20.3. The smallest absolute Gasteiger partial charge is 0.290 e. The SMILES string of the molecule is Cc1cc(C)c2c(=O)cc(C(=O)N(Cc3ccccc3)[C@@H]3CCS(=O)(=O)C3)oc2c1. The lowest BCUT2D eigenvalue weighted by Crippen LogP contribution is -2.40.